The molecule has 18 heavy (non-hydrogen) atoms. The molecule has 3 nitrogen and oxygen atoms in total. The second-order valence-corrected chi connectivity index (χ2v) is 4.70. The molecule has 0 aromatic heterocycles. The van der Waals surface area contributed by atoms with E-state index in [9.17, 15) is 13.6 Å². The summed E-state index contributed by atoms with van der Waals surface area (Å²) in [4.78, 5) is 11.2. The lowest BCUT2D eigenvalue weighted by Gasteiger charge is -2.34. The molecule has 98 valence electrons. The van der Waals surface area contributed by atoms with E-state index in [1.165, 1.54) is 12.1 Å². The lowest BCUT2D eigenvalue weighted by Crippen LogP contribution is -2.34. The highest BCUT2D eigenvalue weighted by molar-refractivity contribution is 5.90. The van der Waals surface area contributed by atoms with Gasteiger partial charge in [-0.15, -0.1) is 0 Å². The number of methoxy groups -OCH3 is 1. The third kappa shape index (κ3) is 2.30. The van der Waals surface area contributed by atoms with Gasteiger partial charge in [-0.1, -0.05) is 6.92 Å². The minimum atomic E-state index is -1.17. The van der Waals surface area contributed by atoms with Gasteiger partial charge >= 0.3 is 5.97 Å². The SMILES string of the molecule is COC(=O)c1ccc(NC2CC(C)C2)c(F)c1F. The molecular formula is C13H15F2NO2. The van der Waals surface area contributed by atoms with Crippen molar-refractivity contribution in [3.05, 3.63) is 29.3 Å². The van der Waals surface area contributed by atoms with Gasteiger partial charge in [0.1, 0.15) is 0 Å². The van der Waals surface area contributed by atoms with Crippen LogP contribution in [-0.4, -0.2) is 19.1 Å². The standard InChI is InChI=1S/C13H15F2NO2/c1-7-5-8(6-7)16-10-4-3-9(13(17)18-2)11(14)12(10)15/h3-4,7-8,16H,5-6H2,1-2H3. The average Bonchev–Trinajstić information content (AvgIpc) is 2.32. The maximum absolute atomic E-state index is 13.7. The van der Waals surface area contributed by atoms with Crippen LogP contribution in [0.5, 0.6) is 0 Å². The Labute approximate surface area is 104 Å². The van der Waals surface area contributed by atoms with Gasteiger partial charge < -0.3 is 10.1 Å². The monoisotopic (exact) mass is 255 g/mol. The minimum absolute atomic E-state index is 0.0945. The molecule has 0 aliphatic heterocycles. The summed E-state index contributed by atoms with van der Waals surface area (Å²) in [5.74, 6) is -2.46. The first-order chi connectivity index (χ1) is 8.52. The van der Waals surface area contributed by atoms with Crippen LogP contribution in [0.15, 0.2) is 12.1 Å². The third-order valence-corrected chi connectivity index (χ3v) is 3.22. The Hall–Kier alpha value is -1.65. The largest absolute Gasteiger partial charge is 0.465 e. The lowest BCUT2D eigenvalue weighted by molar-refractivity contribution is 0.0594. The molecule has 0 bridgehead atoms. The van der Waals surface area contributed by atoms with Gasteiger partial charge in [-0.3, -0.25) is 0 Å². The Balaban J connectivity index is 2.18. The van der Waals surface area contributed by atoms with E-state index in [0.717, 1.165) is 20.0 Å². The van der Waals surface area contributed by atoms with E-state index < -0.39 is 17.6 Å². The molecule has 5 heteroatoms. The summed E-state index contributed by atoms with van der Waals surface area (Å²) in [6, 6.07) is 2.78. The fourth-order valence-corrected chi connectivity index (χ4v) is 2.17. The summed E-state index contributed by atoms with van der Waals surface area (Å²) < 4.78 is 31.7. The number of carbonyl (C=O) groups excluding carboxylic acids is 1. The molecular weight excluding hydrogens is 240 g/mol. The Bertz CT molecular complexity index is 470. The van der Waals surface area contributed by atoms with Crippen LogP contribution < -0.4 is 5.32 Å². The van der Waals surface area contributed by atoms with Gasteiger partial charge in [0.2, 0.25) is 0 Å². The number of ether oxygens (including phenoxy) is 1. The van der Waals surface area contributed by atoms with Crippen LogP contribution in [0.2, 0.25) is 0 Å². The van der Waals surface area contributed by atoms with Gasteiger partial charge in [0.15, 0.2) is 11.6 Å². The molecule has 1 fully saturated rings. The first kappa shape index (κ1) is 12.8. The summed E-state index contributed by atoms with van der Waals surface area (Å²) in [5.41, 5.74) is -0.292. The summed E-state index contributed by atoms with van der Waals surface area (Å²) >= 11 is 0. The van der Waals surface area contributed by atoms with Crippen LogP contribution in [0.4, 0.5) is 14.5 Å². The molecule has 0 amide bonds. The van der Waals surface area contributed by atoms with Crippen molar-refractivity contribution in [1.82, 2.24) is 0 Å². The molecule has 0 heterocycles. The van der Waals surface area contributed by atoms with Crippen molar-refractivity contribution in [2.75, 3.05) is 12.4 Å². The highest BCUT2D eigenvalue weighted by Gasteiger charge is 2.27. The van der Waals surface area contributed by atoms with Gasteiger partial charge in [-0.05, 0) is 30.9 Å². The van der Waals surface area contributed by atoms with Crippen molar-refractivity contribution in [2.24, 2.45) is 5.92 Å². The highest BCUT2D eigenvalue weighted by atomic mass is 19.2. The predicted octanol–water partition coefficient (Wildman–Crippen LogP) is 2.96. The summed E-state index contributed by atoms with van der Waals surface area (Å²) in [6.07, 6.45) is 1.89. The van der Waals surface area contributed by atoms with Gasteiger partial charge in [0.05, 0.1) is 18.4 Å². The Morgan fingerprint density at radius 3 is 2.56 bits per heavy atom. The van der Waals surface area contributed by atoms with E-state index in [2.05, 4.69) is 17.0 Å². The fraction of sp³-hybridized carbons (Fsp3) is 0.462. The van der Waals surface area contributed by atoms with Crippen LogP contribution in [0.3, 0.4) is 0 Å². The zero-order valence-corrected chi connectivity index (χ0v) is 10.3. The van der Waals surface area contributed by atoms with Crippen molar-refractivity contribution in [3.8, 4) is 0 Å². The topological polar surface area (TPSA) is 38.3 Å². The van der Waals surface area contributed by atoms with Crippen molar-refractivity contribution in [3.63, 3.8) is 0 Å². The number of anilines is 1. The maximum Gasteiger partial charge on any atom is 0.340 e. The second kappa shape index (κ2) is 4.92. The zero-order valence-electron chi connectivity index (χ0n) is 10.3. The number of halogens is 2. The molecule has 1 saturated carbocycles. The molecule has 1 N–H and O–H groups in total. The summed E-state index contributed by atoms with van der Waals surface area (Å²) in [6.45, 7) is 2.11. The lowest BCUT2D eigenvalue weighted by atomic mass is 9.82. The van der Waals surface area contributed by atoms with Gasteiger partial charge in [0, 0.05) is 6.04 Å². The van der Waals surface area contributed by atoms with Crippen LogP contribution in [0.1, 0.15) is 30.1 Å². The molecule has 1 aliphatic carbocycles. The molecule has 1 aromatic rings. The van der Waals surface area contributed by atoms with Crippen molar-refractivity contribution in [1.29, 1.82) is 0 Å². The maximum atomic E-state index is 13.7. The molecule has 1 aliphatic rings. The number of nitrogens with one attached hydrogen (secondary N) is 1. The van der Waals surface area contributed by atoms with E-state index in [1.807, 2.05) is 0 Å². The van der Waals surface area contributed by atoms with Gasteiger partial charge in [0.25, 0.3) is 0 Å². The molecule has 1 aromatic carbocycles. The first-order valence-corrected chi connectivity index (χ1v) is 5.85. The Morgan fingerprint density at radius 1 is 1.33 bits per heavy atom. The minimum Gasteiger partial charge on any atom is -0.465 e. The number of rotatable bonds is 3. The van der Waals surface area contributed by atoms with E-state index in [1.54, 1.807) is 0 Å². The van der Waals surface area contributed by atoms with E-state index in [4.69, 9.17) is 0 Å². The Kier molecular flexibility index (Phi) is 3.50. The number of hydrogen-bond donors (Lipinski definition) is 1. The van der Waals surface area contributed by atoms with Gasteiger partial charge in [-0.2, -0.15) is 0 Å². The summed E-state index contributed by atoms with van der Waals surface area (Å²) in [7, 11) is 1.13. The number of carbonyl (C=O) groups is 1. The van der Waals surface area contributed by atoms with Crippen LogP contribution >= 0.6 is 0 Å². The van der Waals surface area contributed by atoms with E-state index in [-0.39, 0.29) is 17.3 Å². The summed E-state index contributed by atoms with van der Waals surface area (Å²) in [5, 5.41) is 2.93. The number of hydrogen-bond acceptors (Lipinski definition) is 3. The van der Waals surface area contributed by atoms with Crippen LogP contribution in [-0.2, 0) is 4.74 Å². The van der Waals surface area contributed by atoms with E-state index in [0.29, 0.717) is 5.92 Å². The smallest absolute Gasteiger partial charge is 0.340 e. The zero-order chi connectivity index (χ0) is 13.3. The molecule has 2 rings (SSSR count). The first-order valence-electron chi connectivity index (χ1n) is 5.85. The van der Waals surface area contributed by atoms with Gasteiger partial charge in [-0.25, -0.2) is 13.6 Å². The Morgan fingerprint density at radius 2 is 2.00 bits per heavy atom. The molecule has 0 saturated heterocycles. The van der Waals surface area contributed by atoms with Crippen LogP contribution in [0.25, 0.3) is 0 Å². The number of esters is 1. The molecule has 0 spiro atoms. The molecule has 0 radical (unpaired) electrons. The number of benzene rings is 1. The third-order valence-electron chi connectivity index (χ3n) is 3.22. The molecule has 0 atom stereocenters. The van der Waals surface area contributed by atoms with Crippen molar-refractivity contribution >= 4 is 11.7 Å². The predicted molar refractivity (Wildman–Crippen MR) is 63.5 cm³/mol. The average molecular weight is 255 g/mol. The molecule has 0 unspecified atom stereocenters. The highest BCUT2D eigenvalue weighted by Crippen LogP contribution is 2.31. The van der Waals surface area contributed by atoms with Crippen LogP contribution in [0, 0.1) is 17.6 Å². The second-order valence-electron chi connectivity index (χ2n) is 4.70. The van der Waals surface area contributed by atoms with E-state index >= 15 is 0 Å². The quantitative estimate of drug-likeness (QED) is 0.844. The van der Waals surface area contributed by atoms with Crippen molar-refractivity contribution < 1.29 is 18.3 Å². The fourth-order valence-electron chi connectivity index (χ4n) is 2.17. The normalized spacial score (nSPS) is 22.2. The van der Waals surface area contributed by atoms with Crippen molar-refractivity contribution in [2.45, 2.75) is 25.8 Å².